The highest BCUT2D eigenvalue weighted by Gasteiger charge is 2.36. The second-order valence-corrected chi connectivity index (χ2v) is 5.50. The molecule has 1 atom stereocenters. The fourth-order valence-electron chi connectivity index (χ4n) is 1.75. The zero-order valence-electron chi connectivity index (χ0n) is 9.75. The van der Waals surface area contributed by atoms with E-state index in [2.05, 4.69) is 20.8 Å². The molecule has 1 unspecified atom stereocenters. The molecule has 14 heavy (non-hydrogen) atoms. The van der Waals surface area contributed by atoms with Gasteiger partial charge in [0, 0.05) is 5.41 Å². The standard InChI is InChI=1S/C11H24O3/c1-9(5-10(2,3)4)11(6-12,7-13)8-14/h9,12-14H,5-8H2,1-4H3. The fourth-order valence-corrected chi connectivity index (χ4v) is 1.75. The summed E-state index contributed by atoms with van der Waals surface area (Å²) in [6.07, 6.45) is 0.870. The van der Waals surface area contributed by atoms with Gasteiger partial charge in [0.25, 0.3) is 0 Å². The van der Waals surface area contributed by atoms with Crippen molar-refractivity contribution in [3.8, 4) is 0 Å². The Hall–Kier alpha value is -0.120. The maximum absolute atomic E-state index is 9.22. The third kappa shape index (κ3) is 3.56. The van der Waals surface area contributed by atoms with Crippen LogP contribution in [-0.2, 0) is 0 Å². The van der Waals surface area contributed by atoms with Crippen molar-refractivity contribution in [3.05, 3.63) is 0 Å². The van der Waals surface area contributed by atoms with Gasteiger partial charge in [0.1, 0.15) is 0 Å². The van der Waals surface area contributed by atoms with Crippen molar-refractivity contribution in [2.45, 2.75) is 34.1 Å². The van der Waals surface area contributed by atoms with Crippen LogP contribution in [0.15, 0.2) is 0 Å². The maximum Gasteiger partial charge on any atom is 0.0534 e. The van der Waals surface area contributed by atoms with E-state index in [1.807, 2.05) is 6.92 Å². The van der Waals surface area contributed by atoms with E-state index >= 15 is 0 Å². The summed E-state index contributed by atoms with van der Waals surface area (Å²) in [5.74, 6) is 0.0995. The molecule has 86 valence electrons. The number of hydrogen-bond donors (Lipinski definition) is 3. The summed E-state index contributed by atoms with van der Waals surface area (Å²) in [4.78, 5) is 0. The van der Waals surface area contributed by atoms with Crippen LogP contribution in [0.3, 0.4) is 0 Å². The zero-order chi connectivity index (χ0) is 11.4. The molecule has 0 aliphatic rings. The van der Waals surface area contributed by atoms with Crippen LogP contribution < -0.4 is 0 Å². The predicted octanol–water partition coefficient (Wildman–Crippen LogP) is 1.02. The molecule has 0 heterocycles. The lowest BCUT2D eigenvalue weighted by atomic mass is 9.71. The number of aliphatic hydroxyl groups excluding tert-OH is 3. The maximum atomic E-state index is 9.22. The molecule has 0 rings (SSSR count). The number of aliphatic hydroxyl groups is 3. The van der Waals surface area contributed by atoms with Gasteiger partial charge in [-0.1, -0.05) is 27.7 Å². The van der Waals surface area contributed by atoms with E-state index in [0.717, 1.165) is 6.42 Å². The van der Waals surface area contributed by atoms with Gasteiger partial charge in [-0.2, -0.15) is 0 Å². The third-order valence-corrected chi connectivity index (χ3v) is 2.91. The summed E-state index contributed by atoms with van der Waals surface area (Å²) in [5, 5.41) is 27.7. The van der Waals surface area contributed by atoms with Crippen LogP contribution >= 0.6 is 0 Å². The first kappa shape index (κ1) is 13.9. The van der Waals surface area contributed by atoms with E-state index in [-0.39, 0.29) is 31.2 Å². The highest BCUT2D eigenvalue weighted by atomic mass is 16.3. The molecule has 3 N–H and O–H groups in total. The molecule has 3 nitrogen and oxygen atoms in total. The van der Waals surface area contributed by atoms with Gasteiger partial charge in [-0.3, -0.25) is 0 Å². The molecule has 0 radical (unpaired) electrons. The first-order valence-corrected chi connectivity index (χ1v) is 5.14. The molecule has 0 aromatic rings. The van der Waals surface area contributed by atoms with Gasteiger partial charge in [-0.15, -0.1) is 0 Å². The third-order valence-electron chi connectivity index (χ3n) is 2.91. The smallest absolute Gasteiger partial charge is 0.0534 e. The Morgan fingerprint density at radius 2 is 1.29 bits per heavy atom. The van der Waals surface area contributed by atoms with Crippen LogP contribution in [0.2, 0.25) is 0 Å². The molecule has 0 aliphatic carbocycles. The van der Waals surface area contributed by atoms with Crippen LogP contribution in [0, 0.1) is 16.7 Å². The molecule has 0 aromatic carbocycles. The molecule has 3 heteroatoms. The highest BCUT2D eigenvalue weighted by molar-refractivity contribution is 4.85. The van der Waals surface area contributed by atoms with E-state index in [1.54, 1.807) is 0 Å². The minimum atomic E-state index is -0.743. The van der Waals surface area contributed by atoms with Gasteiger partial charge in [0.05, 0.1) is 19.8 Å². The normalized spacial score (nSPS) is 15.6. The van der Waals surface area contributed by atoms with Gasteiger partial charge in [-0.25, -0.2) is 0 Å². The summed E-state index contributed by atoms with van der Waals surface area (Å²) in [6, 6.07) is 0. The minimum absolute atomic E-state index is 0.0995. The SMILES string of the molecule is CC(CC(C)(C)C)C(CO)(CO)CO. The molecule has 0 bridgehead atoms. The van der Waals surface area contributed by atoms with Crippen molar-refractivity contribution in [2.24, 2.45) is 16.7 Å². The van der Waals surface area contributed by atoms with Gasteiger partial charge in [0.2, 0.25) is 0 Å². The van der Waals surface area contributed by atoms with Crippen molar-refractivity contribution >= 4 is 0 Å². The van der Waals surface area contributed by atoms with Crippen LogP contribution in [-0.4, -0.2) is 35.1 Å². The monoisotopic (exact) mass is 204 g/mol. The van der Waals surface area contributed by atoms with Crippen molar-refractivity contribution in [2.75, 3.05) is 19.8 Å². The lowest BCUT2D eigenvalue weighted by molar-refractivity contribution is -0.0436. The molecule has 0 spiro atoms. The Morgan fingerprint density at radius 1 is 0.929 bits per heavy atom. The average Bonchev–Trinajstić information content (AvgIpc) is 2.05. The van der Waals surface area contributed by atoms with E-state index < -0.39 is 5.41 Å². The molecule has 0 saturated heterocycles. The Labute approximate surface area is 86.8 Å². The lowest BCUT2D eigenvalue weighted by Gasteiger charge is -2.37. The van der Waals surface area contributed by atoms with Crippen LogP contribution in [0.25, 0.3) is 0 Å². The first-order chi connectivity index (χ1) is 6.31. The topological polar surface area (TPSA) is 60.7 Å². The number of rotatable bonds is 5. The molecule has 0 fully saturated rings. The van der Waals surface area contributed by atoms with Gasteiger partial charge in [0.15, 0.2) is 0 Å². The summed E-state index contributed by atoms with van der Waals surface area (Å²) < 4.78 is 0. The van der Waals surface area contributed by atoms with Crippen molar-refractivity contribution in [1.82, 2.24) is 0 Å². The largest absolute Gasteiger partial charge is 0.396 e. The van der Waals surface area contributed by atoms with E-state index in [4.69, 9.17) is 0 Å². The Bertz CT molecular complexity index is 148. The Balaban J connectivity index is 4.52. The number of hydrogen-bond acceptors (Lipinski definition) is 3. The van der Waals surface area contributed by atoms with Crippen LogP contribution in [0.4, 0.5) is 0 Å². The second kappa shape index (κ2) is 5.10. The van der Waals surface area contributed by atoms with Crippen molar-refractivity contribution in [1.29, 1.82) is 0 Å². The average molecular weight is 204 g/mol. The predicted molar refractivity (Wildman–Crippen MR) is 56.9 cm³/mol. The van der Waals surface area contributed by atoms with Crippen molar-refractivity contribution in [3.63, 3.8) is 0 Å². The van der Waals surface area contributed by atoms with E-state index in [1.165, 1.54) is 0 Å². The summed E-state index contributed by atoms with van der Waals surface area (Å²) in [6.45, 7) is 7.79. The summed E-state index contributed by atoms with van der Waals surface area (Å²) in [5.41, 5.74) is -0.600. The first-order valence-electron chi connectivity index (χ1n) is 5.14. The Kier molecular flexibility index (Phi) is 5.06. The molecule has 0 aliphatic heterocycles. The lowest BCUT2D eigenvalue weighted by Crippen LogP contribution is -2.41. The molecule has 0 aromatic heterocycles. The molecular formula is C11H24O3. The minimum Gasteiger partial charge on any atom is -0.396 e. The van der Waals surface area contributed by atoms with E-state index in [0.29, 0.717) is 0 Å². The van der Waals surface area contributed by atoms with Crippen molar-refractivity contribution < 1.29 is 15.3 Å². The molecule has 0 amide bonds. The zero-order valence-corrected chi connectivity index (χ0v) is 9.75. The highest BCUT2D eigenvalue weighted by Crippen LogP contribution is 2.35. The molecular weight excluding hydrogens is 180 g/mol. The summed E-state index contributed by atoms with van der Waals surface area (Å²) >= 11 is 0. The van der Waals surface area contributed by atoms with Gasteiger partial charge < -0.3 is 15.3 Å². The van der Waals surface area contributed by atoms with Gasteiger partial charge in [-0.05, 0) is 17.8 Å². The van der Waals surface area contributed by atoms with Gasteiger partial charge >= 0.3 is 0 Å². The van der Waals surface area contributed by atoms with Crippen LogP contribution in [0.1, 0.15) is 34.1 Å². The molecule has 0 saturated carbocycles. The Morgan fingerprint density at radius 3 is 1.50 bits per heavy atom. The fraction of sp³-hybridized carbons (Fsp3) is 1.00. The van der Waals surface area contributed by atoms with E-state index in [9.17, 15) is 15.3 Å². The quantitative estimate of drug-likeness (QED) is 0.626. The second-order valence-electron chi connectivity index (χ2n) is 5.50. The van der Waals surface area contributed by atoms with Crippen LogP contribution in [0.5, 0.6) is 0 Å². The summed E-state index contributed by atoms with van der Waals surface area (Å²) in [7, 11) is 0.